The Labute approximate surface area is 200 Å². The van der Waals surface area contributed by atoms with Crippen molar-refractivity contribution < 1.29 is 0 Å². The van der Waals surface area contributed by atoms with Crippen molar-refractivity contribution in [3.63, 3.8) is 0 Å². The molecule has 3 rings (SSSR count). The Morgan fingerprint density at radius 1 is 0.625 bits per heavy atom. The number of aromatic nitrogens is 1. The fourth-order valence-corrected chi connectivity index (χ4v) is 15.4. The van der Waals surface area contributed by atoms with E-state index in [0.717, 1.165) is 16.6 Å². The molecule has 2 aromatic carbocycles. The Hall–Kier alpha value is -1.84. The first-order valence-electron chi connectivity index (χ1n) is 12.1. The van der Waals surface area contributed by atoms with Gasteiger partial charge in [0.15, 0.2) is 0 Å². The molecule has 1 heterocycles. The summed E-state index contributed by atoms with van der Waals surface area (Å²) in [5, 5.41) is 0. The lowest BCUT2D eigenvalue weighted by Crippen LogP contribution is -2.41. The van der Waals surface area contributed by atoms with Crippen LogP contribution in [0.25, 0.3) is 22.3 Å². The summed E-state index contributed by atoms with van der Waals surface area (Å²) in [6.07, 6.45) is 6.13. The molecule has 0 unspecified atom stereocenters. The monoisotopic (exact) mass is 461 g/mol. The maximum absolute atomic E-state index is 4.11. The zero-order valence-electron chi connectivity index (χ0n) is 20.6. The number of nitrogens with zero attached hydrogens (tertiary/aromatic N) is 1. The van der Waals surface area contributed by atoms with Gasteiger partial charge in [-0.1, -0.05) is 90.1 Å². The van der Waals surface area contributed by atoms with Crippen LogP contribution >= 0.6 is 11.2 Å². The van der Waals surface area contributed by atoms with Crippen LogP contribution in [0, 0.1) is 0 Å². The maximum Gasteiger partial charge on any atom is 0.124 e. The van der Waals surface area contributed by atoms with Gasteiger partial charge in [0.1, 0.15) is 7.22 Å². The van der Waals surface area contributed by atoms with Crippen LogP contribution in [0.5, 0.6) is 0 Å². The van der Waals surface area contributed by atoms with Gasteiger partial charge in [0.05, 0.1) is 0 Å². The average molecular weight is 462 g/mol. The van der Waals surface area contributed by atoms with E-state index in [0.29, 0.717) is 0 Å². The molecule has 0 radical (unpaired) electrons. The van der Waals surface area contributed by atoms with E-state index in [1.54, 1.807) is 0 Å². The molecular formula is C29H39NSSi. The summed E-state index contributed by atoms with van der Waals surface area (Å²) in [6, 6.07) is 22.1. The third kappa shape index (κ3) is 5.74. The highest BCUT2D eigenvalue weighted by Crippen LogP contribution is 2.49. The van der Waals surface area contributed by atoms with Gasteiger partial charge in [-0.25, -0.2) is 0 Å². The van der Waals surface area contributed by atoms with Crippen molar-refractivity contribution >= 4 is 18.4 Å². The summed E-state index contributed by atoms with van der Waals surface area (Å²) >= 11 is 2.35. The first kappa shape index (κ1) is 24.8. The van der Waals surface area contributed by atoms with E-state index in [4.69, 9.17) is 0 Å². The molecule has 0 aliphatic heterocycles. The van der Waals surface area contributed by atoms with E-state index in [1.165, 1.54) is 46.4 Å². The van der Waals surface area contributed by atoms with Crippen LogP contribution in [-0.2, 0) is 6.42 Å². The molecule has 1 aromatic heterocycles. The van der Waals surface area contributed by atoms with Gasteiger partial charge >= 0.3 is 0 Å². The summed E-state index contributed by atoms with van der Waals surface area (Å²) < 4.78 is 0. The van der Waals surface area contributed by atoms with Crippen molar-refractivity contribution in [2.75, 3.05) is 5.75 Å². The second-order valence-corrected chi connectivity index (χ2v) is 18.6. The van der Waals surface area contributed by atoms with Crippen molar-refractivity contribution in [2.24, 2.45) is 0 Å². The topological polar surface area (TPSA) is 12.9 Å². The lowest BCUT2D eigenvalue weighted by atomic mass is 9.99. The van der Waals surface area contributed by atoms with Crippen LogP contribution in [-0.4, -0.2) is 18.0 Å². The third-order valence-corrected chi connectivity index (χ3v) is 19.6. The highest BCUT2D eigenvalue weighted by Gasteiger charge is 2.43. The second kappa shape index (κ2) is 11.3. The average Bonchev–Trinajstić information content (AvgIpc) is 2.79. The molecule has 0 aliphatic carbocycles. The minimum Gasteiger partial charge on any atom is -0.265 e. The fourth-order valence-electron chi connectivity index (χ4n) is 5.29. The van der Waals surface area contributed by atoms with Gasteiger partial charge in [-0.2, -0.15) is 11.2 Å². The van der Waals surface area contributed by atoms with E-state index in [9.17, 15) is 0 Å². The predicted octanol–water partition coefficient (Wildman–Crippen LogP) is 9.26. The van der Waals surface area contributed by atoms with Gasteiger partial charge < -0.3 is 0 Å². The number of hydrogen-bond acceptors (Lipinski definition) is 2. The molecule has 0 N–H and O–H groups in total. The molecule has 1 nitrogen and oxygen atoms in total. The number of rotatable bonds is 10. The SMILES string of the molecule is CC(C)[Si](SCCCc1ccc(-c2ccc(-c3ccncc3)cc2)cc1)(C(C)C)C(C)C. The van der Waals surface area contributed by atoms with Crippen LogP contribution in [0.1, 0.15) is 53.5 Å². The van der Waals surface area contributed by atoms with Crippen molar-refractivity contribution in [3.8, 4) is 22.3 Å². The zero-order chi connectivity index (χ0) is 23.1. The van der Waals surface area contributed by atoms with Crippen LogP contribution in [0.15, 0.2) is 73.1 Å². The molecule has 0 aliphatic rings. The molecule has 3 heteroatoms. The first-order chi connectivity index (χ1) is 15.3. The summed E-state index contributed by atoms with van der Waals surface area (Å²) in [4.78, 5) is 4.11. The Balaban J connectivity index is 1.57. The highest BCUT2D eigenvalue weighted by molar-refractivity contribution is 8.29. The second-order valence-electron chi connectivity index (χ2n) is 9.78. The summed E-state index contributed by atoms with van der Waals surface area (Å²) in [5.74, 6) is 1.29. The Morgan fingerprint density at radius 2 is 1.03 bits per heavy atom. The normalized spacial score (nSPS) is 12.2. The lowest BCUT2D eigenvalue weighted by Gasteiger charge is -2.42. The Morgan fingerprint density at radius 3 is 1.47 bits per heavy atom. The van der Waals surface area contributed by atoms with E-state index in [2.05, 4.69) is 118 Å². The molecule has 170 valence electrons. The van der Waals surface area contributed by atoms with Crippen LogP contribution in [0.3, 0.4) is 0 Å². The minimum atomic E-state index is -1.33. The molecule has 3 aromatic rings. The highest BCUT2D eigenvalue weighted by atomic mass is 32.4. The van der Waals surface area contributed by atoms with Gasteiger partial charge in [0.2, 0.25) is 0 Å². The van der Waals surface area contributed by atoms with Gasteiger partial charge in [-0.15, -0.1) is 0 Å². The smallest absolute Gasteiger partial charge is 0.124 e. The minimum absolute atomic E-state index is 0.830. The molecule has 0 amide bonds. The predicted molar refractivity (Wildman–Crippen MR) is 147 cm³/mol. The van der Waals surface area contributed by atoms with Gasteiger partial charge in [-0.05, 0) is 75.2 Å². The summed E-state index contributed by atoms with van der Waals surface area (Å²) in [6.45, 7) is 14.8. The number of pyridine rings is 1. The van der Waals surface area contributed by atoms with Crippen LogP contribution in [0.4, 0.5) is 0 Å². The van der Waals surface area contributed by atoms with E-state index >= 15 is 0 Å². The molecule has 0 saturated heterocycles. The van der Waals surface area contributed by atoms with Gasteiger partial charge in [0.25, 0.3) is 0 Å². The third-order valence-electron chi connectivity index (χ3n) is 6.85. The molecule has 0 atom stereocenters. The van der Waals surface area contributed by atoms with Crippen molar-refractivity contribution in [1.82, 2.24) is 4.98 Å². The van der Waals surface area contributed by atoms with Crippen LogP contribution < -0.4 is 0 Å². The van der Waals surface area contributed by atoms with Gasteiger partial charge in [0, 0.05) is 12.4 Å². The van der Waals surface area contributed by atoms with E-state index in [-0.39, 0.29) is 0 Å². The number of hydrogen-bond donors (Lipinski definition) is 0. The van der Waals surface area contributed by atoms with Crippen LogP contribution in [0.2, 0.25) is 16.6 Å². The number of benzene rings is 2. The molecule has 32 heavy (non-hydrogen) atoms. The largest absolute Gasteiger partial charge is 0.265 e. The first-order valence-corrected chi connectivity index (χ1v) is 16.0. The number of aryl methyl sites for hydroxylation is 1. The summed E-state index contributed by atoms with van der Waals surface area (Å²) in [5.41, 5.74) is 8.94. The van der Waals surface area contributed by atoms with E-state index in [1.807, 2.05) is 12.4 Å². The van der Waals surface area contributed by atoms with Crippen molar-refractivity contribution in [3.05, 3.63) is 78.6 Å². The lowest BCUT2D eigenvalue weighted by molar-refractivity contribution is 0.849. The standard InChI is InChI=1S/C29H39NSSi/c1-22(2)32(23(3)4,24(5)6)31-21-7-8-25-9-11-26(12-10-25)27-13-15-28(16-14-27)29-17-19-30-20-18-29/h9-20,22-24H,7-8,21H2,1-6H3. The molecule has 0 spiro atoms. The fraction of sp³-hybridized carbons (Fsp3) is 0.414. The van der Waals surface area contributed by atoms with Crippen molar-refractivity contribution in [2.45, 2.75) is 71.0 Å². The molecule has 0 saturated carbocycles. The Kier molecular flexibility index (Phi) is 8.78. The van der Waals surface area contributed by atoms with Crippen molar-refractivity contribution in [1.29, 1.82) is 0 Å². The quantitative estimate of drug-likeness (QED) is 0.220. The van der Waals surface area contributed by atoms with Gasteiger partial charge in [-0.3, -0.25) is 4.98 Å². The molecular weight excluding hydrogens is 422 g/mol. The Bertz CT molecular complexity index is 925. The molecule has 0 fully saturated rings. The zero-order valence-corrected chi connectivity index (χ0v) is 22.5. The summed E-state index contributed by atoms with van der Waals surface area (Å²) in [7, 11) is -1.33. The maximum atomic E-state index is 4.11. The van der Waals surface area contributed by atoms with E-state index < -0.39 is 7.22 Å². The molecule has 0 bridgehead atoms.